The summed E-state index contributed by atoms with van der Waals surface area (Å²) in [6.45, 7) is 1.69. The second-order valence-corrected chi connectivity index (χ2v) is 7.38. The predicted octanol–water partition coefficient (Wildman–Crippen LogP) is 2.10. The molecule has 2 N–H and O–H groups in total. The molecule has 2 atom stereocenters. The van der Waals surface area contributed by atoms with Gasteiger partial charge in [-0.1, -0.05) is 6.07 Å². The molecule has 2 aliphatic carbocycles. The predicted molar refractivity (Wildman–Crippen MR) is 88.1 cm³/mol. The molecule has 1 aromatic carbocycles. The number of alkyl halides is 3. The van der Waals surface area contributed by atoms with Gasteiger partial charge >= 0.3 is 6.18 Å². The number of hydrogen-bond acceptors (Lipinski definition) is 3. The Kier molecular flexibility index (Phi) is 4.17. The molecule has 0 radical (unpaired) electrons. The second-order valence-electron chi connectivity index (χ2n) is 7.38. The van der Waals surface area contributed by atoms with Crippen molar-refractivity contribution in [3.05, 3.63) is 29.8 Å². The van der Waals surface area contributed by atoms with Gasteiger partial charge in [0.05, 0.1) is 12.1 Å². The molecule has 1 aromatic rings. The van der Waals surface area contributed by atoms with Crippen LogP contribution in [0.15, 0.2) is 24.3 Å². The molecule has 3 fully saturated rings. The van der Waals surface area contributed by atoms with Crippen molar-refractivity contribution >= 4 is 17.5 Å². The van der Waals surface area contributed by atoms with Crippen molar-refractivity contribution in [3.63, 3.8) is 0 Å². The van der Waals surface area contributed by atoms with Crippen molar-refractivity contribution in [2.75, 3.05) is 25.0 Å². The Morgan fingerprint density at radius 1 is 1.15 bits per heavy atom. The summed E-state index contributed by atoms with van der Waals surface area (Å²) in [5, 5.41) is 4.99. The molecule has 4 rings (SSSR count). The molecule has 1 aliphatic heterocycles. The molecule has 1 heterocycles. The Balaban J connectivity index is 1.23. The maximum atomic E-state index is 12.7. The molecule has 0 aromatic heterocycles. The Hall–Kier alpha value is -2.09. The highest BCUT2D eigenvalue weighted by atomic mass is 19.4. The van der Waals surface area contributed by atoms with Crippen molar-refractivity contribution in [2.24, 2.45) is 17.8 Å². The van der Waals surface area contributed by atoms with Crippen LogP contribution in [0.3, 0.4) is 0 Å². The van der Waals surface area contributed by atoms with Crippen molar-refractivity contribution in [3.8, 4) is 0 Å². The van der Waals surface area contributed by atoms with Gasteiger partial charge in [-0.05, 0) is 42.9 Å². The first-order chi connectivity index (χ1) is 12.3. The van der Waals surface area contributed by atoms with Gasteiger partial charge in [-0.15, -0.1) is 0 Å². The number of halogens is 3. The maximum Gasteiger partial charge on any atom is 0.416 e. The van der Waals surface area contributed by atoms with Gasteiger partial charge in [0.15, 0.2) is 0 Å². The van der Waals surface area contributed by atoms with E-state index in [0.717, 1.165) is 25.2 Å². The van der Waals surface area contributed by atoms with Gasteiger partial charge in [0.2, 0.25) is 11.8 Å². The van der Waals surface area contributed by atoms with Crippen LogP contribution >= 0.6 is 0 Å². The first-order valence-corrected chi connectivity index (χ1v) is 8.82. The quantitative estimate of drug-likeness (QED) is 0.838. The van der Waals surface area contributed by atoms with Crippen LogP contribution in [0.1, 0.15) is 18.4 Å². The number of anilines is 1. The van der Waals surface area contributed by atoms with Crippen molar-refractivity contribution in [2.45, 2.75) is 25.1 Å². The summed E-state index contributed by atoms with van der Waals surface area (Å²) < 4.78 is 38.0. The zero-order valence-electron chi connectivity index (χ0n) is 14.1. The number of hydrogen-bond donors (Lipinski definition) is 2. The highest BCUT2D eigenvalue weighted by Gasteiger charge is 2.60. The van der Waals surface area contributed by atoms with Gasteiger partial charge in [-0.2, -0.15) is 13.2 Å². The van der Waals surface area contributed by atoms with Gasteiger partial charge in [0.25, 0.3) is 0 Å². The van der Waals surface area contributed by atoms with Crippen LogP contribution < -0.4 is 10.6 Å². The van der Waals surface area contributed by atoms with E-state index >= 15 is 0 Å². The number of nitrogens with zero attached hydrogens (tertiary/aromatic N) is 1. The maximum absolute atomic E-state index is 12.7. The van der Waals surface area contributed by atoms with Crippen LogP contribution in [0.25, 0.3) is 0 Å². The number of piperidine rings is 1. The molecule has 8 heteroatoms. The highest BCUT2D eigenvalue weighted by Crippen LogP contribution is 2.53. The Labute approximate surface area is 148 Å². The van der Waals surface area contributed by atoms with Gasteiger partial charge < -0.3 is 10.6 Å². The third-order valence-corrected chi connectivity index (χ3v) is 5.49. The van der Waals surface area contributed by atoms with E-state index in [2.05, 4.69) is 15.5 Å². The number of likely N-dealkylation sites (tertiary alicyclic amines) is 1. The normalized spacial score (nSPS) is 27.7. The largest absolute Gasteiger partial charge is 0.416 e. The van der Waals surface area contributed by atoms with E-state index in [1.54, 1.807) is 0 Å². The molecule has 0 spiro atoms. The lowest BCUT2D eigenvalue weighted by molar-refractivity contribution is -0.137. The van der Waals surface area contributed by atoms with Crippen molar-refractivity contribution < 1.29 is 22.8 Å². The fraction of sp³-hybridized carbons (Fsp3) is 0.556. The molecular weight excluding hydrogens is 347 g/mol. The van der Waals surface area contributed by atoms with E-state index < -0.39 is 17.6 Å². The van der Waals surface area contributed by atoms with Crippen LogP contribution in [-0.2, 0) is 15.8 Å². The van der Waals surface area contributed by atoms with Crippen LogP contribution in [-0.4, -0.2) is 42.4 Å². The second kappa shape index (κ2) is 6.26. The molecule has 3 aliphatic rings. The first kappa shape index (κ1) is 17.3. The Bertz CT molecular complexity index is 721. The number of nitrogens with one attached hydrogen (secondary N) is 2. The molecule has 0 bridgehead atoms. The number of benzene rings is 1. The SMILES string of the molecule is O=C(CNC(=O)C1C2CN(C3CC3)CC21)Nc1cccc(C(F)(F)F)c1. The zero-order chi connectivity index (χ0) is 18.5. The topological polar surface area (TPSA) is 61.4 Å². The molecular formula is C18H20F3N3O2. The summed E-state index contributed by atoms with van der Waals surface area (Å²) in [6, 6.07) is 5.14. The average molecular weight is 367 g/mol. The van der Waals surface area contributed by atoms with Crippen LogP contribution in [0.4, 0.5) is 18.9 Å². The lowest BCUT2D eigenvalue weighted by Crippen LogP contribution is -2.36. The minimum atomic E-state index is -4.47. The molecule has 1 saturated heterocycles. The van der Waals surface area contributed by atoms with E-state index in [9.17, 15) is 22.8 Å². The average Bonchev–Trinajstić information content (AvgIpc) is 3.50. The van der Waals surface area contributed by atoms with E-state index in [1.807, 2.05) is 0 Å². The molecule has 2 amide bonds. The van der Waals surface area contributed by atoms with Gasteiger partial charge in [0, 0.05) is 30.7 Å². The molecule has 2 unspecified atom stereocenters. The number of carbonyl (C=O) groups is 2. The summed E-state index contributed by atoms with van der Waals surface area (Å²) >= 11 is 0. The lowest BCUT2D eigenvalue weighted by Gasteiger charge is -2.18. The van der Waals surface area contributed by atoms with Crippen LogP contribution in [0.2, 0.25) is 0 Å². The molecule has 26 heavy (non-hydrogen) atoms. The summed E-state index contributed by atoms with van der Waals surface area (Å²) in [4.78, 5) is 26.5. The number of rotatable bonds is 5. The third kappa shape index (κ3) is 3.56. The summed E-state index contributed by atoms with van der Waals surface area (Å²) in [5.74, 6) is 0.0911. The summed E-state index contributed by atoms with van der Waals surface area (Å²) in [7, 11) is 0. The first-order valence-electron chi connectivity index (χ1n) is 8.82. The van der Waals surface area contributed by atoms with Crippen molar-refractivity contribution in [1.29, 1.82) is 0 Å². The fourth-order valence-electron chi connectivity index (χ4n) is 3.95. The zero-order valence-corrected chi connectivity index (χ0v) is 14.1. The van der Waals surface area contributed by atoms with Gasteiger partial charge in [-0.25, -0.2) is 0 Å². The lowest BCUT2D eigenvalue weighted by atomic mass is 10.2. The van der Waals surface area contributed by atoms with E-state index in [1.165, 1.54) is 25.0 Å². The summed E-state index contributed by atoms with van der Waals surface area (Å²) in [5.41, 5.74) is -0.771. The number of carbonyl (C=O) groups excluding carboxylic acids is 2. The van der Waals surface area contributed by atoms with E-state index in [-0.39, 0.29) is 24.1 Å². The minimum absolute atomic E-state index is 0.0219. The summed E-state index contributed by atoms with van der Waals surface area (Å²) in [6.07, 6.45) is -1.95. The standard InChI is InChI=1S/C18H20F3N3O2/c19-18(20,21)10-2-1-3-11(6-10)23-15(25)7-22-17(26)16-13-8-24(9-14(13)16)12-4-5-12/h1-3,6,12-14,16H,4-5,7-9H2,(H,22,26)(H,23,25). The van der Waals surface area contributed by atoms with Crippen molar-refractivity contribution in [1.82, 2.24) is 10.2 Å². The molecule has 2 saturated carbocycles. The van der Waals surface area contributed by atoms with Crippen LogP contribution in [0.5, 0.6) is 0 Å². The van der Waals surface area contributed by atoms with Gasteiger partial charge in [0.1, 0.15) is 0 Å². The van der Waals surface area contributed by atoms with E-state index in [0.29, 0.717) is 17.9 Å². The monoisotopic (exact) mass is 367 g/mol. The Morgan fingerprint density at radius 2 is 1.85 bits per heavy atom. The molecule has 140 valence electrons. The number of amides is 2. The third-order valence-electron chi connectivity index (χ3n) is 5.49. The number of fused-ring (bicyclic) bond motifs is 1. The Morgan fingerprint density at radius 3 is 2.46 bits per heavy atom. The minimum Gasteiger partial charge on any atom is -0.347 e. The highest BCUT2D eigenvalue weighted by molar-refractivity contribution is 5.95. The molecule has 5 nitrogen and oxygen atoms in total. The van der Waals surface area contributed by atoms with Gasteiger partial charge in [-0.3, -0.25) is 14.5 Å². The van der Waals surface area contributed by atoms with Crippen LogP contribution in [0, 0.1) is 17.8 Å². The van der Waals surface area contributed by atoms with E-state index in [4.69, 9.17) is 0 Å². The smallest absolute Gasteiger partial charge is 0.347 e. The fourth-order valence-corrected chi connectivity index (χ4v) is 3.95.